The number of hydrogen-bond donors (Lipinski definition) is 3. The number of urea groups is 1. The third-order valence-corrected chi connectivity index (χ3v) is 4.54. The first-order valence-corrected chi connectivity index (χ1v) is 7.85. The quantitative estimate of drug-likeness (QED) is 0.740. The molecule has 6 heteroatoms. The van der Waals surface area contributed by atoms with Crippen molar-refractivity contribution in [2.45, 2.75) is 57.4 Å². The van der Waals surface area contributed by atoms with Gasteiger partial charge in [-0.3, -0.25) is 0 Å². The van der Waals surface area contributed by atoms with Crippen LogP contribution in [0.3, 0.4) is 0 Å². The van der Waals surface area contributed by atoms with Gasteiger partial charge in [0.05, 0.1) is 0 Å². The lowest BCUT2D eigenvalue weighted by molar-refractivity contribution is -0.141. The summed E-state index contributed by atoms with van der Waals surface area (Å²) in [5.41, 5.74) is -0.513. The summed E-state index contributed by atoms with van der Waals surface area (Å²) in [5.74, 6) is -1.00. The van der Waals surface area contributed by atoms with Gasteiger partial charge in [-0.25, -0.2) is 9.59 Å². The molecule has 1 rings (SSSR count). The van der Waals surface area contributed by atoms with Crippen LogP contribution in [0, 0.1) is 5.41 Å². The Morgan fingerprint density at radius 2 is 1.95 bits per heavy atom. The number of carboxylic acid groups (broad SMARTS) is 1. The van der Waals surface area contributed by atoms with Gasteiger partial charge in [-0.15, -0.1) is 0 Å². The smallest absolute Gasteiger partial charge is 0.326 e. The molecule has 3 N–H and O–H groups in total. The fraction of sp³-hybridized carbons (Fsp3) is 0.846. The second-order valence-corrected chi connectivity index (χ2v) is 7.26. The SMILES string of the molecule is CSC1CCC(NC(=O)NC(C(=O)O)C(C)(C)C)C1. The first-order valence-electron chi connectivity index (χ1n) is 6.56. The van der Waals surface area contributed by atoms with Crippen LogP contribution in [0.25, 0.3) is 0 Å². The highest BCUT2D eigenvalue weighted by molar-refractivity contribution is 7.99. The van der Waals surface area contributed by atoms with Gasteiger partial charge < -0.3 is 15.7 Å². The minimum absolute atomic E-state index is 0.159. The van der Waals surface area contributed by atoms with Crippen LogP contribution in [0.4, 0.5) is 4.79 Å². The van der Waals surface area contributed by atoms with Crippen molar-refractivity contribution in [3.63, 3.8) is 0 Å². The average Bonchev–Trinajstić information content (AvgIpc) is 2.71. The van der Waals surface area contributed by atoms with Crippen molar-refractivity contribution in [1.82, 2.24) is 10.6 Å². The number of carbonyl (C=O) groups excluding carboxylic acids is 1. The second kappa shape index (κ2) is 6.50. The van der Waals surface area contributed by atoms with Crippen LogP contribution >= 0.6 is 11.8 Å². The molecule has 110 valence electrons. The van der Waals surface area contributed by atoms with Crippen molar-refractivity contribution in [3.8, 4) is 0 Å². The second-order valence-electron chi connectivity index (χ2n) is 6.12. The Hall–Kier alpha value is -0.910. The van der Waals surface area contributed by atoms with Crippen molar-refractivity contribution in [2.24, 2.45) is 5.41 Å². The fourth-order valence-electron chi connectivity index (χ4n) is 2.29. The molecule has 0 radical (unpaired) electrons. The van der Waals surface area contributed by atoms with Crippen molar-refractivity contribution < 1.29 is 14.7 Å². The monoisotopic (exact) mass is 288 g/mol. The van der Waals surface area contributed by atoms with E-state index < -0.39 is 17.4 Å². The zero-order valence-corrected chi connectivity index (χ0v) is 12.8. The van der Waals surface area contributed by atoms with Gasteiger partial charge in [0.1, 0.15) is 6.04 Å². The van der Waals surface area contributed by atoms with E-state index in [1.54, 1.807) is 20.8 Å². The molecule has 19 heavy (non-hydrogen) atoms. The van der Waals surface area contributed by atoms with Crippen molar-refractivity contribution >= 4 is 23.8 Å². The van der Waals surface area contributed by atoms with Crippen LogP contribution < -0.4 is 10.6 Å². The summed E-state index contributed by atoms with van der Waals surface area (Å²) in [6, 6.07) is -1.11. The molecule has 0 spiro atoms. The number of thioether (sulfide) groups is 1. The zero-order chi connectivity index (χ0) is 14.6. The van der Waals surface area contributed by atoms with E-state index >= 15 is 0 Å². The molecule has 3 unspecified atom stereocenters. The van der Waals surface area contributed by atoms with Gasteiger partial charge in [0.2, 0.25) is 0 Å². The molecule has 0 aliphatic heterocycles. The highest BCUT2D eigenvalue weighted by Crippen LogP contribution is 2.28. The molecule has 0 aromatic carbocycles. The molecule has 1 fully saturated rings. The minimum Gasteiger partial charge on any atom is -0.480 e. The zero-order valence-electron chi connectivity index (χ0n) is 12.0. The first-order chi connectivity index (χ1) is 8.74. The Morgan fingerprint density at radius 1 is 1.32 bits per heavy atom. The number of carboxylic acids is 1. The third-order valence-electron chi connectivity index (χ3n) is 3.44. The van der Waals surface area contributed by atoms with Gasteiger partial charge in [0.25, 0.3) is 0 Å². The van der Waals surface area contributed by atoms with Gasteiger partial charge in [-0.1, -0.05) is 20.8 Å². The molecule has 1 aliphatic rings. The van der Waals surface area contributed by atoms with Crippen molar-refractivity contribution in [3.05, 3.63) is 0 Å². The molecule has 5 nitrogen and oxygen atoms in total. The Kier molecular flexibility index (Phi) is 5.52. The summed E-state index contributed by atoms with van der Waals surface area (Å²) < 4.78 is 0. The summed E-state index contributed by atoms with van der Waals surface area (Å²) in [4.78, 5) is 23.0. The minimum atomic E-state index is -1.00. The van der Waals surface area contributed by atoms with Crippen LogP contribution in [0.5, 0.6) is 0 Å². The Balaban J connectivity index is 2.48. The number of hydrogen-bond acceptors (Lipinski definition) is 3. The predicted octanol–water partition coefficient (Wildman–Crippen LogP) is 2.07. The van der Waals surface area contributed by atoms with Crippen LogP contribution in [-0.2, 0) is 4.79 Å². The Morgan fingerprint density at radius 3 is 2.37 bits per heavy atom. The summed E-state index contributed by atoms with van der Waals surface area (Å²) in [6.07, 6.45) is 5.11. The van der Waals surface area contributed by atoms with Gasteiger partial charge in [0.15, 0.2) is 0 Å². The van der Waals surface area contributed by atoms with Gasteiger partial charge >= 0.3 is 12.0 Å². The van der Waals surface area contributed by atoms with Crippen LogP contribution in [0.15, 0.2) is 0 Å². The van der Waals surface area contributed by atoms with E-state index in [0.29, 0.717) is 5.25 Å². The molecule has 2 amide bonds. The topological polar surface area (TPSA) is 78.4 Å². The lowest BCUT2D eigenvalue weighted by atomic mass is 9.87. The average molecular weight is 288 g/mol. The van der Waals surface area contributed by atoms with Gasteiger partial charge in [-0.05, 0) is 30.9 Å². The predicted molar refractivity (Wildman–Crippen MR) is 77.5 cm³/mol. The molecule has 3 atom stereocenters. The van der Waals surface area contributed by atoms with Gasteiger partial charge in [-0.2, -0.15) is 11.8 Å². The fourth-order valence-corrected chi connectivity index (χ4v) is 3.09. The number of carbonyl (C=O) groups is 2. The van der Waals surface area contributed by atoms with E-state index in [4.69, 9.17) is 5.11 Å². The Labute approximate surface area is 118 Å². The molecular formula is C13H24N2O3S. The van der Waals surface area contributed by atoms with Crippen molar-refractivity contribution in [2.75, 3.05) is 6.26 Å². The van der Waals surface area contributed by atoms with E-state index in [9.17, 15) is 9.59 Å². The normalized spacial score (nSPS) is 24.8. The Bertz CT molecular complexity index is 341. The summed E-state index contributed by atoms with van der Waals surface area (Å²) in [7, 11) is 0. The molecule has 0 saturated heterocycles. The maximum absolute atomic E-state index is 11.9. The molecule has 0 heterocycles. The molecule has 0 aromatic rings. The number of aliphatic carboxylic acids is 1. The summed E-state index contributed by atoms with van der Waals surface area (Å²) in [5, 5.41) is 15.2. The number of amides is 2. The van der Waals surface area contributed by atoms with E-state index in [2.05, 4.69) is 16.9 Å². The largest absolute Gasteiger partial charge is 0.480 e. The summed E-state index contributed by atoms with van der Waals surface area (Å²) >= 11 is 1.82. The standard InChI is InChI=1S/C13H24N2O3S/c1-13(2,3)10(11(16)17)15-12(18)14-8-5-6-9(7-8)19-4/h8-10H,5-7H2,1-4H3,(H,16,17)(H2,14,15,18). The van der Waals surface area contributed by atoms with Gasteiger partial charge in [0, 0.05) is 11.3 Å². The van der Waals surface area contributed by atoms with E-state index in [1.165, 1.54) is 0 Å². The molecule has 1 saturated carbocycles. The summed E-state index contributed by atoms with van der Waals surface area (Å²) in [6.45, 7) is 5.39. The highest BCUT2D eigenvalue weighted by atomic mass is 32.2. The van der Waals surface area contributed by atoms with E-state index in [1.807, 2.05) is 11.8 Å². The highest BCUT2D eigenvalue weighted by Gasteiger charge is 2.33. The maximum Gasteiger partial charge on any atom is 0.326 e. The molecular weight excluding hydrogens is 264 g/mol. The third kappa shape index (κ3) is 4.93. The van der Waals surface area contributed by atoms with Crippen molar-refractivity contribution in [1.29, 1.82) is 0 Å². The number of rotatable bonds is 4. The molecule has 1 aliphatic carbocycles. The molecule has 0 bridgehead atoms. The van der Waals surface area contributed by atoms with Crippen LogP contribution in [0.1, 0.15) is 40.0 Å². The van der Waals surface area contributed by atoms with Crippen LogP contribution in [-0.4, -0.2) is 40.7 Å². The molecule has 0 aromatic heterocycles. The lowest BCUT2D eigenvalue weighted by Crippen LogP contribution is -2.53. The maximum atomic E-state index is 11.9. The first kappa shape index (κ1) is 16.1. The van der Waals surface area contributed by atoms with Crippen LogP contribution in [0.2, 0.25) is 0 Å². The van der Waals surface area contributed by atoms with E-state index in [0.717, 1.165) is 19.3 Å². The lowest BCUT2D eigenvalue weighted by Gasteiger charge is -2.28. The number of nitrogens with one attached hydrogen (secondary N) is 2. The van der Waals surface area contributed by atoms with E-state index in [-0.39, 0.29) is 12.1 Å².